The quantitative estimate of drug-likeness (QED) is 0.768. The number of hydrogen-bond acceptors (Lipinski definition) is 1. The topological polar surface area (TPSA) is 12.0 Å². The molecule has 1 atom stereocenters. The van der Waals surface area contributed by atoms with Crippen LogP contribution in [0, 0.1) is 17.3 Å². The fourth-order valence-corrected chi connectivity index (χ4v) is 4.44. The summed E-state index contributed by atoms with van der Waals surface area (Å²) in [6.45, 7) is 4.97. The Morgan fingerprint density at radius 3 is 2.12 bits per heavy atom. The summed E-state index contributed by atoms with van der Waals surface area (Å²) >= 11 is 0. The van der Waals surface area contributed by atoms with Gasteiger partial charge in [0.1, 0.15) is 0 Å². The Kier molecular flexibility index (Phi) is 4.52. The average molecular weight is 237 g/mol. The maximum absolute atomic E-state index is 3.70. The Bertz CT molecular complexity index is 222. The van der Waals surface area contributed by atoms with Crippen LogP contribution in [0.5, 0.6) is 0 Å². The number of hydrogen-bond donors (Lipinski definition) is 1. The summed E-state index contributed by atoms with van der Waals surface area (Å²) in [5.41, 5.74) is 0.582. The van der Waals surface area contributed by atoms with Crippen molar-refractivity contribution in [1.82, 2.24) is 5.32 Å². The smallest absolute Gasteiger partial charge is 0.0146 e. The van der Waals surface area contributed by atoms with Crippen molar-refractivity contribution < 1.29 is 0 Å². The van der Waals surface area contributed by atoms with Gasteiger partial charge in [0.15, 0.2) is 0 Å². The van der Waals surface area contributed by atoms with Gasteiger partial charge in [0.05, 0.1) is 0 Å². The van der Waals surface area contributed by atoms with Crippen LogP contribution in [-0.4, -0.2) is 13.1 Å². The van der Waals surface area contributed by atoms with E-state index in [1.165, 1.54) is 57.8 Å². The molecule has 2 fully saturated rings. The lowest BCUT2D eigenvalue weighted by molar-refractivity contribution is 0.0836. The molecule has 0 radical (unpaired) electrons. The minimum absolute atomic E-state index is 0.582. The first kappa shape index (κ1) is 13.4. The predicted molar refractivity (Wildman–Crippen MR) is 75.2 cm³/mol. The molecule has 1 N–H and O–H groups in total. The van der Waals surface area contributed by atoms with E-state index in [0.717, 1.165) is 17.9 Å². The van der Waals surface area contributed by atoms with E-state index in [1.54, 1.807) is 0 Å². The molecule has 2 aliphatic carbocycles. The van der Waals surface area contributed by atoms with Gasteiger partial charge in [0.2, 0.25) is 0 Å². The Morgan fingerprint density at radius 1 is 1.00 bits per heavy atom. The van der Waals surface area contributed by atoms with Crippen LogP contribution in [0.3, 0.4) is 0 Å². The summed E-state index contributed by atoms with van der Waals surface area (Å²) in [4.78, 5) is 0. The summed E-state index contributed by atoms with van der Waals surface area (Å²) in [5.74, 6) is 1.92. The molecule has 1 heteroatoms. The summed E-state index contributed by atoms with van der Waals surface area (Å²) < 4.78 is 0. The maximum Gasteiger partial charge on any atom is 0.0146 e. The third-order valence-electron chi connectivity index (χ3n) is 5.59. The molecular weight excluding hydrogens is 206 g/mol. The van der Waals surface area contributed by atoms with E-state index < -0.39 is 0 Å². The fraction of sp³-hybridized carbons (Fsp3) is 1.00. The molecule has 0 aromatic rings. The highest BCUT2D eigenvalue weighted by Gasteiger charge is 2.39. The van der Waals surface area contributed by atoms with Crippen LogP contribution in [0.25, 0.3) is 0 Å². The molecule has 0 aliphatic heterocycles. The van der Waals surface area contributed by atoms with Gasteiger partial charge >= 0.3 is 0 Å². The van der Waals surface area contributed by atoms with E-state index in [9.17, 15) is 0 Å². The van der Waals surface area contributed by atoms with E-state index in [-0.39, 0.29) is 0 Å². The standard InChI is InChI=1S/C16H31N/c1-13-7-9-14(10-8-13)15(17-3)16(2)11-5-4-6-12-16/h13-15,17H,4-12H2,1-3H3. The first-order valence-corrected chi connectivity index (χ1v) is 7.83. The highest BCUT2D eigenvalue weighted by atomic mass is 14.9. The number of nitrogens with one attached hydrogen (secondary N) is 1. The van der Waals surface area contributed by atoms with Gasteiger partial charge in [0.25, 0.3) is 0 Å². The van der Waals surface area contributed by atoms with E-state index in [0.29, 0.717) is 5.41 Å². The lowest BCUT2D eigenvalue weighted by atomic mass is 9.64. The summed E-state index contributed by atoms with van der Waals surface area (Å²) in [5, 5.41) is 3.70. The monoisotopic (exact) mass is 237 g/mol. The zero-order chi connectivity index (χ0) is 12.3. The Labute approximate surface area is 108 Å². The van der Waals surface area contributed by atoms with Gasteiger partial charge in [-0.1, -0.05) is 46.0 Å². The highest BCUT2D eigenvalue weighted by molar-refractivity contribution is 4.94. The van der Waals surface area contributed by atoms with Crippen LogP contribution in [0.1, 0.15) is 71.6 Å². The molecule has 100 valence electrons. The zero-order valence-electron chi connectivity index (χ0n) is 12.1. The molecule has 0 bridgehead atoms. The normalized spacial score (nSPS) is 35.5. The molecule has 0 heterocycles. The van der Waals surface area contributed by atoms with Crippen molar-refractivity contribution in [1.29, 1.82) is 0 Å². The van der Waals surface area contributed by atoms with Crippen molar-refractivity contribution in [3.05, 3.63) is 0 Å². The molecule has 2 rings (SSSR count). The third kappa shape index (κ3) is 3.05. The van der Waals surface area contributed by atoms with Crippen LogP contribution in [0.2, 0.25) is 0 Å². The summed E-state index contributed by atoms with van der Waals surface area (Å²) in [6.07, 6.45) is 13.1. The minimum Gasteiger partial charge on any atom is -0.316 e. The SMILES string of the molecule is CNC(C1CCC(C)CC1)C1(C)CCCCC1. The summed E-state index contributed by atoms with van der Waals surface area (Å²) in [6, 6.07) is 0.773. The van der Waals surface area contributed by atoms with Crippen molar-refractivity contribution in [2.75, 3.05) is 7.05 Å². The minimum atomic E-state index is 0.582. The van der Waals surface area contributed by atoms with Crippen LogP contribution < -0.4 is 5.32 Å². The van der Waals surface area contributed by atoms with Crippen LogP contribution >= 0.6 is 0 Å². The third-order valence-corrected chi connectivity index (χ3v) is 5.59. The van der Waals surface area contributed by atoms with Gasteiger partial charge in [-0.15, -0.1) is 0 Å². The maximum atomic E-state index is 3.70. The van der Waals surface area contributed by atoms with Crippen molar-refractivity contribution in [3.8, 4) is 0 Å². The molecule has 0 amide bonds. The molecule has 0 aromatic carbocycles. The summed E-state index contributed by atoms with van der Waals surface area (Å²) in [7, 11) is 2.20. The Balaban J connectivity index is 1.99. The lowest BCUT2D eigenvalue weighted by Gasteiger charge is -2.46. The second-order valence-corrected chi connectivity index (χ2v) is 7.00. The first-order valence-electron chi connectivity index (χ1n) is 7.83. The van der Waals surface area contributed by atoms with Crippen LogP contribution in [0.15, 0.2) is 0 Å². The van der Waals surface area contributed by atoms with Gasteiger partial charge in [0, 0.05) is 6.04 Å². The van der Waals surface area contributed by atoms with E-state index in [2.05, 4.69) is 26.2 Å². The molecular formula is C16H31N. The molecule has 1 nitrogen and oxygen atoms in total. The first-order chi connectivity index (χ1) is 8.15. The molecule has 0 aromatic heterocycles. The predicted octanol–water partition coefficient (Wildman–Crippen LogP) is 4.37. The van der Waals surface area contributed by atoms with E-state index in [1.807, 2.05) is 0 Å². The van der Waals surface area contributed by atoms with E-state index >= 15 is 0 Å². The molecule has 1 unspecified atom stereocenters. The lowest BCUT2D eigenvalue weighted by Crippen LogP contribution is -2.48. The van der Waals surface area contributed by atoms with Gasteiger partial charge < -0.3 is 5.32 Å². The average Bonchev–Trinajstić information content (AvgIpc) is 2.33. The van der Waals surface area contributed by atoms with E-state index in [4.69, 9.17) is 0 Å². The highest BCUT2D eigenvalue weighted by Crippen LogP contribution is 2.44. The second-order valence-electron chi connectivity index (χ2n) is 7.00. The zero-order valence-corrected chi connectivity index (χ0v) is 12.1. The van der Waals surface area contributed by atoms with Crippen LogP contribution in [-0.2, 0) is 0 Å². The Morgan fingerprint density at radius 2 is 1.59 bits per heavy atom. The van der Waals surface area contributed by atoms with Crippen molar-refractivity contribution in [3.63, 3.8) is 0 Å². The molecule has 0 spiro atoms. The van der Waals surface area contributed by atoms with Crippen LogP contribution in [0.4, 0.5) is 0 Å². The van der Waals surface area contributed by atoms with Gasteiger partial charge in [-0.3, -0.25) is 0 Å². The largest absolute Gasteiger partial charge is 0.316 e. The molecule has 2 saturated carbocycles. The number of rotatable bonds is 3. The molecule has 0 saturated heterocycles. The fourth-order valence-electron chi connectivity index (χ4n) is 4.44. The van der Waals surface area contributed by atoms with Gasteiger partial charge in [-0.2, -0.15) is 0 Å². The molecule has 17 heavy (non-hydrogen) atoms. The van der Waals surface area contributed by atoms with Gasteiger partial charge in [-0.25, -0.2) is 0 Å². The second kappa shape index (κ2) is 5.73. The molecule has 2 aliphatic rings. The Hall–Kier alpha value is -0.0400. The van der Waals surface area contributed by atoms with Crippen molar-refractivity contribution >= 4 is 0 Å². The van der Waals surface area contributed by atoms with Gasteiger partial charge in [-0.05, 0) is 50.0 Å². The van der Waals surface area contributed by atoms with Crippen molar-refractivity contribution in [2.24, 2.45) is 17.3 Å². The van der Waals surface area contributed by atoms with Crippen molar-refractivity contribution in [2.45, 2.75) is 77.7 Å².